The minimum absolute atomic E-state index is 0.000684. The highest BCUT2D eigenvalue weighted by atomic mass is 16.2. The summed E-state index contributed by atoms with van der Waals surface area (Å²) in [7, 11) is 0. The first-order valence-electron chi connectivity index (χ1n) is 8.42. The van der Waals surface area contributed by atoms with Crippen molar-refractivity contribution in [3.8, 4) is 0 Å². The number of carbonyl (C=O) groups is 2. The van der Waals surface area contributed by atoms with Crippen molar-refractivity contribution < 1.29 is 9.59 Å². The van der Waals surface area contributed by atoms with E-state index in [0.717, 1.165) is 6.54 Å². The second kappa shape index (κ2) is 6.71. The van der Waals surface area contributed by atoms with Crippen molar-refractivity contribution >= 4 is 11.8 Å². The number of nitrogens with zero attached hydrogens (tertiary/aromatic N) is 1. The molecule has 0 radical (unpaired) electrons. The van der Waals surface area contributed by atoms with Crippen molar-refractivity contribution in [3.63, 3.8) is 0 Å². The van der Waals surface area contributed by atoms with Crippen LogP contribution in [0.1, 0.15) is 32.3 Å². The zero-order valence-electron chi connectivity index (χ0n) is 13.8. The van der Waals surface area contributed by atoms with Gasteiger partial charge < -0.3 is 15.5 Å². The van der Waals surface area contributed by atoms with Crippen LogP contribution < -0.4 is 10.6 Å². The number of rotatable bonds is 5. The third kappa shape index (κ3) is 3.55. The van der Waals surface area contributed by atoms with Crippen molar-refractivity contribution in [2.45, 2.75) is 51.4 Å². The van der Waals surface area contributed by atoms with Crippen molar-refractivity contribution in [1.82, 2.24) is 15.5 Å². The molecule has 0 aliphatic carbocycles. The molecule has 0 spiro atoms. The van der Waals surface area contributed by atoms with Crippen LogP contribution in [0.5, 0.6) is 0 Å². The van der Waals surface area contributed by atoms with Gasteiger partial charge in [-0.05, 0) is 24.3 Å². The van der Waals surface area contributed by atoms with Crippen molar-refractivity contribution in [2.24, 2.45) is 5.92 Å². The summed E-state index contributed by atoms with van der Waals surface area (Å²) in [6, 6.07) is 9.69. The standard InChI is InChI=1S/C18H25N3O2/c1-12(2)8-15-18(23)21-11-14(9-16(21)17(22)20-15)19-10-13-6-4-3-5-7-13/h3-7,12,14-16,19H,8-11H2,1-2H3,(H,20,22)/t14-,15-,16-/m0/s1. The molecule has 2 N–H and O–H groups in total. The zero-order valence-corrected chi connectivity index (χ0v) is 13.8. The lowest BCUT2D eigenvalue weighted by atomic mass is 9.99. The highest BCUT2D eigenvalue weighted by Gasteiger charge is 2.46. The lowest BCUT2D eigenvalue weighted by Crippen LogP contribution is -2.61. The summed E-state index contributed by atoms with van der Waals surface area (Å²) in [4.78, 5) is 26.7. The molecule has 0 saturated carbocycles. The molecule has 3 atom stereocenters. The van der Waals surface area contributed by atoms with E-state index in [9.17, 15) is 9.59 Å². The number of hydrogen-bond acceptors (Lipinski definition) is 3. The topological polar surface area (TPSA) is 61.4 Å². The van der Waals surface area contributed by atoms with Gasteiger partial charge in [-0.15, -0.1) is 0 Å². The monoisotopic (exact) mass is 315 g/mol. The molecule has 0 unspecified atom stereocenters. The fourth-order valence-electron chi connectivity index (χ4n) is 3.49. The molecular formula is C18H25N3O2. The predicted octanol–water partition coefficient (Wildman–Crippen LogP) is 1.29. The zero-order chi connectivity index (χ0) is 16.4. The molecule has 2 heterocycles. The van der Waals surface area contributed by atoms with Gasteiger partial charge in [0.1, 0.15) is 12.1 Å². The van der Waals surface area contributed by atoms with Crippen LogP contribution in [-0.4, -0.2) is 41.4 Å². The van der Waals surface area contributed by atoms with E-state index in [1.165, 1.54) is 5.56 Å². The molecule has 0 aromatic heterocycles. The Labute approximate surface area is 137 Å². The van der Waals surface area contributed by atoms with Gasteiger partial charge >= 0.3 is 0 Å². The van der Waals surface area contributed by atoms with Crippen molar-refractivity contribution in [3.05, 3.63) is 35.9 Å². The Morgan fingerprint density at radius 1 is 1.26 bits per heavy atom. The fourth-order valence-corrected chi connectivity index (χ4v) is 3.49. The molecule has 3 rings (SSSR count). The molecule has 124 valence electrons. The summed E-state index contributed by atoms with van der Waals surface area (Å²) in [6.45, 7) is 5.52. The van der Waals surface area contributed by atoms with Gasteiger partial charge in [-0.3, -0.25) is 9.59 Å². The van der Waals surface area contributed by atoms with Crippen LogP contribution in [0.4, 0.5) is 0 Å². The number of carbonyl (C=O) groups excluding carboxylic acids is 2. The van der Waals surface area contributed by atoms with E-state index >= 15 is 0 Å². The van der Waals surface area contributed by atoms with Crippen molar-refractivity contribution in [2.75, 3.05) is 6.54 Å². The largest absolute Gasteiger partial charge is 0.342 e. The Morgan fingerprint density at radius 2 is 2.00 bits per heavy atom. The molecular weight excluding hydrogens is 290 g/mol. The smallest absolute Gasteiger partial charge is 0.245 e. The Morgan fingerprint density at radius 3 is 2.70 bits per heavy atom. The maximum absolute atomic E-state index is 12.6. The Kier molecular flexibility index (Phi) is 4.66. The van der Waals surface area contributed by atoms with Gasteiger partial charge in [0.2, 0.25) is 11.8 Å². The number of fused-ring (bicyclic) bond motifs is 1. The highest BCUT2D eigenvalue weighted by Crippen LogP contribution is 2.24. The predicted molar refractivity (Wildman–Crippen MR) is 88.6 cm³/mol. The van der Waals surface area contributed by atoms with Crippen LogP contribution in [0.15, 0.2) is 30.3 Å². The molecule has 0 bridgehead atoms. The average molecular weight is 315 g/mol. The van der Waals surface area contributed by atoms with E-state index in [1.54, 1.807) is 4.90 Å². The van der Waals surface area contributed by atoms with E-state index in [-0.39, 0.29) is 29.9 Å². The van der Waals surface area contributed by atoms with Crippen LogP contribution in [0.3, 0.4) is 0 Å². The molecule has 2 saturated heterocycles. The highest BCUT2D eigenvalue weighted by molar-refractivity contribution is 5.97. The summed E-state index contributed by atoms with van der Waals surface area (Å²) in [5.41, 5.74) is 1.21. The van der Waals surface area contributed by atoms with Gasteiger partial charge in [0, 0.05) is 19.1 Å². The Balaban J connectivity index is 1.60. The summed E-state index contributed by atoms with van der Waals surface area (Å²) >= 11 is 0. The van der Waals surface area contributed by atoms with Crippen LogP contribution in [-0.2, 0) is 16.1 Å². The second-order valence-electron chi connectivity index (χ2n) is 7.00. The average Bonchev–Trinajstić information content (AvgIpc) is 2.96. The van der Waals surface area contributed by atoms with Gasteiger partial charge in [-0.25, -0.2) is 0 Å². The Bertz CT molecular complexity index is 573. The SMILES string of the molecule is CC(C)C[C@@H]1NC(=O)[C@@H]2C[C@H](NCc3ccccc3)CN2C1=O. The van der Waals surface area contributed by atoms with Gasteiger partial charge in [-0.2, -0.15) is 0 Å². The summed E-state index contributed by atoms with van der Waals surface area (Å²) in [5, 5.41) is 6.38. The number of piperazine rings is 1. The molecule has 1 aromatic carbocycles. The van der Waals surface area contributed by atoms with E-state index in [4.69, 9.17) is 0 Å². The lowest BCUT2D eigenvalue weighted by molar-refractivity contribution is -0.147. The molecule has 2 aliphatic rings. The molecule has 5 heteroatoms. The van der Waals surface area contributed by atoms with E-state index in [0.29, 0.717) is 25.3 Å². The number of amides is 2. The van der Waals surface area contributed by atoms with Crippen LogP contribution in [0.2, 0.25) is 0 Å². The first-order chi connectivity index (χ1) is 11.0. The number of benzene rings is 1. The summed E-state index contributed by atoms with van der Waals surface area (Å²) in [6.07, 6.45) is 1.40. The maximum Gasteiger partial charge on any atom is 0.245 e. The van der Waals surface area contributed by atoms with Crippen molar-refractivity contribution in [1.29, 1.82) is 0 Å². The first kappa shape index (κ1) is 16.0. The summed E-state index contributed by atoms with van der Waals surface area (Å²) < 4.78 is 0. The molecule has 2 aliphatic heterocycles. The van der Waals surface area contributed by atoms with Crippen LogP contribution in [0, 0.1) is 5.92 Å². The normalized spacial score (nSPS) is 27.3. The maximum atomic E-state index is 12.6. The van der Waals surface area contributed by atoms with Crippen LogP contribution >= 0.6 is 0 Å². The number of hydrogen-bond donors (Lipinski definition) is 2. The quantitative estimate of drug-likeness (QED) is 0.861. The second-order valence-corrected chi connectivity index (χ2v) is 7.00. The third-order valence-electron chi connectivity index (χ3n) is 4.65. The van der Waals surface area contributed by atoms with E-state index in [2.05, 4.69) is 36.6 Å². The molecule has 2 amide bonds. The van der Waals surface area contributed by atoms with Gasteiger partial charge in [-0.1, -0.05) is 44.2 Å². The minimum Gasteiger partial charge on any atom is -0.342 e. The Hall–Kier alpha value is -1.88. The molecule has 2 fully saturated rings. The van der Waals surface area contributed by atoms with E-state index in [1.807, 2.05) is 18.2 Å². The molecule has 5 nitrogen and oxygen atoms in total. The fraction of sp³-hybridized carbons (Fsp3) is 0.556. The lowest BCUT2D eigenvalue weighted by Gasteiger charge is -2.35. The van der Waals surface area contributed by atoms with Crippen LogP contribution in [0.25, 0.3) is 0 Å². The number of nitrogens with one attached hydrogen (secondary N) is 2. The molecule has 23 heavy (non-hydrogen) atoms. The summed E-state index contributed by atoms with van der Waals surface area (Å²) in [5.74, 6) is 0.460. The molecule has 1 aromatic rings. The van der Waals surface area contributed by atoms with Gasteiger partial charge in [0.25, 0.3) is 0 Å². The van der Waals surface area contributed by atoms with Gasteiger partial charge in [0.15, 0.2) is 0 Å². The first-order valence-corrected chi connectivity index (χ1v) is 8.42. The van der Waals surface area contributed by atoms with Gasteiger partial charge in [0.05, 0.1) is 0 Å². The minimum atomic E-state index is -0.355. The van der Waals surface area contributed by atoms with E-state index < -0.39 is 0 Å². The third-order valence-corrected chi connectivity index (χ3v) is 4.65.